The molecular formula is C19H22N3O2+. The van der Waals surface area contributed by atoms with Crippen LogP contribution in [0.25, 0.3) is 0 Å². The molecule has 0 radical (unpaired) electrons. The minimum absolute atomic E-state index is 0.173. The van der Waals surface area contributed by atoms with Gasteiger partial charge in [0.15, 0.2) is 18.0 Å². The number of rotatable bonds is 3. The lowest BCUT2D eigenvalue weighted by Crippen LogP contribution is -2.74. The number of aryl methyl sites for hydroxylation is 1. The van der Waals surface area contributed by atoms with Crippen molar-refractivity contribution in [2.24, 2.45) is 0 Å². The van der Waals surface area contributed by atoms with Crippen molar-refractivity contribution in [1.82, 2.24) is 4.90 Å². The third kappa shape index (κ3) is 2.27. The molecule has 3 amide bonds. The van der Waals surface area contributed by atoms with Crippen LogP contribution in [0.15, 0.2) is 35.7 Å². The summed E-state index contributed by atoms with van der Waals surface area (Å²) in [5.74, 6) is -0.173. The molecule has 0 spiro atoms. The Bertz CT molecular complexity index is 748. The summed E-state index contributed by atoms with van der Waals surface area (Å²) in [6, 6.07) is 7.02. The smallest absolute Gasteiger partial charge is 0.271 e. The van der Waals surface area contributed by atoms with E-state index in [1.165, 1.54) is 10.5 Å². The molecule has 1 fully saturated rings. The predicted octanol–water partition coefficient (Wildman–Crippen LogP) is 1.73. The zero-order valence-electron chi connectivity index (χ0n) is 13.9. The van der Waals surface area contributed by atoms with Gasteiger partial charge in [0.05, 0.1) is 11.4 Å². The first-order valence-electron chi connectivity index (χ1n) is 8.78. The van der Waals surface area contributed by atoms with E-state index in [0.29, 0.717) is 5.69 Å². The van der Waals surface area contributed by atoms with E-state index in [1.807, 2.05) is 24.3 Å². The summed E-state index contributed by atoms with van der Waals surface area (Å²) >= 11 is 0. The van der Waals surface area contributed by atoms with Gasteiger partial charge in [-0.05, 0) is 43.4 Å². The van der Waals surface area contributed by atoms with Gasteiger partial charge in [-0.1, -0.05) is 25.5 Å². The van der Waals surface area contributed by atoms with Crippen molar-refractivity contribution in [2.45, 2.75) is 51.5 Å². The summed E-state index contributed by atoms with van der Waals surface area (Å²) in [5.41, 5.74) is 3.98. The zero-order valence-corrected chi connectivity index (χ0v) is 13.9. The summed E-state index contributed by atoms with van der Waals surface area (Å²) < 4.78 is 0. The molecule has 2 heterocycles. The number of carbonyl (C=O) groups is 2. The molecular weight excluding hydrogens is 302 g/mol. The summed E-state index contributed by atoms with van der Waals surface area (Å²) in [4.78, 5) is 32.0. The van der Waals surface area contributed by atoms with Crippen LogP contribution in [0.1, 0.15) is 44.6 Å². The highest BCUT2D eigenvalue weighted by Gasteiger charge is 2.51. The van der Waals surface area contributed by atoms with Gasteiger partial charge in [0.1, 0.15) is 0 Å². The highest BCUT2D eigenvalue weighted by atomic mass is 16.2. The van der Waals surface area contributed by atoms with E-state index in [-0.39, 0.29) is 11.9 Å². The lowest BCUT2D eigenvalue weighted by molar-refractivity contribution is -0.404. The van der Waals surface area contributed by atoms with Crippen molar-refractivity contribution in [2.75, 3.05) is 4.90 Å². The predicted molar refractivity (Wildman–Crippen MR) is 91.5 cm³/mol. The van der Waals surface area contributed by atoms with E-state index in [4.69, 9.17) is 0 Å². The average molecular weight is 324 g/mol. The first kappa shape index (κ1) is 15.1. The van der Waals surface area contributed by atoms with Crippen LogP contribution in [0.4, 0.5) is 10.5 Å². The van der Waals surface area contributed by atoms with Crippen molar-refractivity contribution in [3.05, 3.63) is 41.2 Å². The largest absolute Gasteiger partial charge is 0.337 e. The van der Waals surface area contributed by atoms with Gasteiger partial charge in [-0.3, -0.25) is 9.69 Å². The molecule has 5 heteroatoms. The van der Waals surface area contributed by atoms with Gasteiger partial charge in [0.2, 0.25) is 0 Å². The highest BCUT2D eigenvalue weighted by Crippen LogP contribution is 2.33. The second-order valence-electron chi connectivity index (χ2n) is 6.63. The number of imide groups is 1. The molecule has 1 unspecified atom stereocenters. The summed E-state index contributed by atoms with van der Waals surface area (Å²) in [5, 5.41) is 0. The Balaban J connectivity index is 1.67. The minimum atomic E-state index is -0.523. The van der Waals surface area contributed by atoms with Gasteiger partial charge in [-0.2, -0.15) is 0 Å². The summed E-state index contributed by atoms with van der Waals surface area (Å²) in [7, 11) is 0. The Kier molecular flexibility index (Phi) is 3.71. The van der Waals surface area contributed by atoms with E-state index in [2.05, 4.69) is 11.9 Å². The summed E-state index contributed by atoms with van der Waals surface area (Å²) in [6.07, 6.45) is 7.84. The number of nitrogens with one attached hydrogen (secondary N) is 1. The van der Waals surface area contributed by atoms with Crippen LogP contribution in [0.2, 0.25) is 0 Å². The van der Waals surface area contributed by atoms with Gasteiger partial charge in [0.25, 0.3) is 5.91 Å². The molecule has 0 bridgehead atoms. The van der Waals surface area contributed by atoms with Crippen LogP contribution in [0.5, 0.6) is 0 Å². The fraction of sp³-hybridized carbons (Fsp3) is 0.421. The van der Waals surface area contributed by atoms with Gasteiger partial charge in [-0.25, -0.2) is 14.7 Å². The first-order valence-corrected chi connectivity index (χ1v) is 8.78. The maximum atomic E-state index is 13.0. The average Bonchev–Trinajstić information content (AvgIpc) is 2.87. The van der Waals surface area contributed by atoms with Crippen molar-refractivity contribution >= 4 is 23.8 Å². The van der Waals surface area contributed by atoms with E-state index in [0.717, 1.165) is 49.9 Å². The van der Waals surface area contributed by atoms with Crippen molar-refractivity contribution in [3.63, 3.8) is 0 Å². The van der Waals surface area contributed by atoms with Crippen LogP contribution in [0, 0.1) is 0 Å². The molecule has 2 aliphatic heterocycles. The molecule has 5 nitrogen and oxygen atoms in total. The molecule has 0 saturated carbocycles. The Morgan fingerprint density at radius 3 is 2.62 bits per heavy atom. The molecule has 0 aromatic heterocycles. The third-order valence-electron chi connectivity index (χ3n) is 5.03. The maximum Gasteiger partial charge on any atom is 0.337 e. The topological polar surface area (TPSA) is 54.6 Å². The number of fused-ring (bicyclic) bond motifs is 2. The Hall–Kier alpha value is -2.43. The molecule has 3 aliphatic rings. The van der Waals surface area contributed by atoms with E-state index in [1.54, 1.807) is 11.1 Å². The third-order valence-corrected chi connectivity index (χ3v) is 5.03. The number of allylic oxidation sites excluding steroid dienone is 2. The van der Waals surface area contributed by atoms with Gasteiger partial charge < -0.3 is 0 Å². The van der Waals surface area contributed by atoms with Gasteiger partial charge in [0, 0.05) is 6.42 Å². The van der Waals surface area contributed by atoms with Crippen molar-refractivity contribution in [1.29, 1.82) is 0 Å². The number of anilines is 1. The van der Waals surface area contributed by atoms with Crippen LogP contribution < -0.4 is 9.89 Å². The van der Waals surface area contributed by atoms with Gasteiger partial charge in [-0.15, -0.1) is 0 Å². The molecule has 1 aromatic rings. The van der Waals surface area contributed by atoms with Gasteiger partial charge >= 0.3 is 6.03 Å². The number of nitrogens with zero attached hydrogens (tertiary/aromatic N) is 2. The van der Waals surface area contributed by atoms with Crippen LogP contribution in [-0.2, 0) is 11.2 Å². The highest BCUT2D eigenvalue weighted by molar-refractivity contribution is 6.26. The number of hydrogen-bond donors (Lipinski definition) is 1. The normalized spacial score (nSPS) is 23.0. The molecule has 1 saturated heterocycles. The lowest BCUT2D eigenvalue weighted by Gasteiger charge is -2.26. The Morgan fingerprint density at radius 2 is 1.88 bits per heavy atom. The number of hydrogen-bond acceptors (Lipinski definition) is 2. The monoisotopic (exact) mass is 324 g/mol. The SMILES string of the molecule is CCCc1ccc(N2C(=O)C3C=[NH+]C4=C(CCCC4)N3C2=O)cc1. The molecule has 1 atom stereocenters. The molecule has 1 N–H and O–H groups in total. The first-order chi connectivity index (χ1) is 11.7. The Morgan fingerprint density at radius 1 is 1.12 bits per heavy atom. The second-order valence-corrected chi connectivity index (χ2v) is 6.63. The van der Waals surface area contributed by atoms with Crippen molar-refractivity contribution < 1.29 is 14.6 Å². The molecule has 124 valence electrons. The molecule has 24 heavy (non-hydrogen) atoms. The fourth-order valence-electron chi connectivity index (χ4n) is 3.82. The molecule has 1 aliphatic carbocycles. The quantitative estimate of drug-likeness (QED) is 0.861. The minimum Gasteiger partial charge on any atom is -0.271 e. The van der Waals surface area contributed by atoms with E-state index >= 15 is 0 Å². The van der Waals surface area contributed by atoms with E-state index in [9.17, 15) is 9.59 Å². The number of urea groups is 1. The Labute approximate surface area is 141 Å². The number of benzene rings is 1. The fourth-order valence-corrected chi connectivity index (χ4v) is 3.82. The lowest BCUT2D eigenvalue weighted by atomic mass is 9.98. The zero-order chi connectivity index (χ0) is 16.7. The van der Waals surface area contributed by atoms with Crippen molar-refractivity contribution in [3.8, 4) is 0 Å². The van der Waals surface area contributed by atoms with Crippen LogP contribution in [0.3, 0.4) is 0 Å². The standard InChI is InChI=1S/C19H21N3O2/c1-2-5-13-8-10-14(11-9-13)21-18(23)17-12-20-15-6-3-4-7-16(15)22(17)19(21)24/h8-12,17H,2-7H2,1H3/p+1. The molecule has 1 aromatic carbocycles. The maximum absolute atomic E-state index is 13.0. The second kappa shape index (κ2) is 5.89. The number of carbonyl (C=O) groups excluding carboxylic acids is 2. The molecule has 4 rings (SSSR count). The number of amides is 3. The van der Waals surface area contributed by atoms with Crippen LogP contribution >= 0.6 is 0 Å². The van der Waals surface area contributed by atoms with E-state index < -0.39 is 6.04 Å². The van der Waals surface area contributed by atoms with Crippen LogP contribution in [-0.4, -0.2) is 29.1 Å². The summed E-state index contributed by atoms with van der Waals surface area (Å²) in [6.45, 7) is 2.14.